The molecule has 2 aromatic rings. The molecule has 26 heavy (non-hydrogen) atoms. The minimum Gasteiger partial charge on any atom is -0.489 e. The molecule has 0 aromatic heterocycles. The average Bonchev–Trinajstić information content (AvgIpc) is 3.19. The van der Waals surface area contributed by atoms with E-state index in [1.807, 2.05) is 6.92 Å². The third-order valence-electron chi connectivity index (χ3n) is 6.50. The van der Waals surface area contributed by atoms with Gasteiger partial charge in [-0.05, 0) is 43.0 Å². The van der Waals surface area contributed by atoms with E-state index in [9.17, 15) is 4.79 Å². The van der Waals surface area contributed by atoms with Crippen LogP contribution in [0, 0.1) is 5.92 Å². The molecule has 3 aliphatic rings. The Morgan fingerprint density at radius 1 is 1.23 bits per heavy atom. The van der Waals surface area contributed by atoms with Gasteiger partial charge in [-0.25, -0.2) is 0 Å². The van der Waals surface area contributed by atoms with Crippen molar-refractivity contribution in [2.45, 2.75) is 50.2 Å². The van der Waals surface area contributed by atoms with Gasteiger partial charge in [0.25, 0.3) is 0 Å². The fourth-order valence-corrected chi connectivity index (χ4v) is 5.51. The molecular formula is C22H24O4. The summed E-state index contributed by atoms with van der Waals surface area (Å²) in [5.74, 6) is 1.15. The largest absolute Gasteiger partial charge is 0.489 e. The number of fused-ring (bicyclic) bond motifs is 3. The highest BCUT2D eigenvalue weighted by atomic mass is 16.5. The summed E-state index contributed by atoms with van der Waals surface area (Å²) in [5, 5.41) is 2.50. The first-order valence-electron chi connectivity index (χ1n) is 9.70. The molecular weight excluding hydrogens is 328 g/mol. The third kappa shape index (κ3) is 2.14. The summed E-state index contributed by atoms with van der Waals surface area (Å²) < 4.78 is 17.9. The second-order valence-electron chi connectivity index (χ2n) is 7.70. The average molecular weight is 352 g/mol. The van der Waals surface area contributed by atoms with Crippen LogP contribution in [0.2, 0.25) is 0 Å². The summed E-state index contributed by atoms with van der Waals surface area (Å²) in [6, 6.07) is 12.8. The van der Waals surface area contributed by atoms with Crippen molar-refractivity contribution in [2.24, 2.45) is 5.92 Å². The topological polar surface area (TPSA) is 44.8 Å². The number of ether oxygens (including phenoxy) is 3. The SMILES string of the molecule is CCOC(=O)C[C@@H]1OC[C@]23c4c(ccc5ccccc45)O[C@H]2CCC[C@H]13. The predicted octanol–water partition coefficient (Wildman–Crippen LogP) is 3.99. The van der Waals surface area contributed by atoms with Crippen molar-refractivity contribution >= 4 is 16.7 Å². The molecule has 0 amide bonds. The van der Waals surface area contributed by atoms with Gasteiger partial charge in [-0.3, -0.25) is 4.79 Å². The lowest BCUT2D eigenvalue weighted by Gasteiger charge is -2.40. The number of esters is 1. The summed E-state index contributed by atoms with van der Waals surface area (Å²) >= 11 is 0. The van der Waals surface area contributed by atoms with Gasteiger partial charge in [-0.2, -0.15) is 0 Å². The minimum absolute atomic E-state index is 0.0784. The molecule has 1 saturated heterocycles. The molecule has 2 heterocycles. The molecule has 0 bridgehead atoms. The summed E-state index contributed by atoms with van der Waals surface area (Å²) in [6.45, 7) is 2.90. The van der Waals surface area contributed by atoms with Gasteiger partial charge in [0.05, 0.1) is 31.2 Å². The molecule has 4 heteroatoms. The Bertz CT molecular complexity index is 860. The molecule has 0 unspecified atom stereocenters. The van der Waals surface area contributed by atoms with Crippen LogP contribution < -0.4 is 4.74 Å². The van der Waals surface area contributed by atoms with Crippen molar-refractivity contribution in [1.82, 2.24) is 0 Å². The Labute approximate surface area is 153 Å². The smallest absolute Gasteiger partial charge is 0.308 e. The van der Waals surface area contributed by atoms with Crippen molar-refractivity contribution in [1.29, 1.82) is 0 Å². The van der Waals surface area contributed by atoms with Gasteiger partial charge in [0.2, 0.25) is 0 Å². The van der Waals surface area contributed by atoms with Crippen LogP contribution in [0.25, 0.3) is 10.8 Å². The zero-order valence-electron chi connectivity index (χ0n) is 15.1. The maximum Gasteiger partial charge on any atom is 0.308 e. The van der Waals surface area contributed by atoms with E-state index in [2.05, 4.69) is 36.4 Å². The molecule has 0 radical (unpaired) electrons. The number of hydrogen-bond acceptors (Lipinski definition) is 4. The van der Waals surface area contributed by atoms with E-state index in [1.54, 1.807) is 0 Å². The normalized spacial score (nSPS) is 31.8. The Morgan fingerprint density at radius 2 is 2.12 bits per heavy atom. The number of rotatable bonds is 3. The maximum atomic E-state index is 12.1. The maximum absolute atomic E-state index is 12.1. The van der Waals surface area contributed by atoms with Crippen LogP contribution in [0.4, 0.5) is 0 Å². The van der Waals surface area contributed by atoms with E-state index in [4.69, 9.17) is 14.2 Å². The number of carbonyl (C=O) groups is 1. The van der Waals surface area contributed by atoms with Crippen LogP contribution in [-0.2, 0) is 19.7 Å². The van der Waals surface area contributed by atoms with Crippen molar-refractivity contribution in [3.8, 4) is 5.75 Å². The lowest BCUT2D eigenvalue weighted by atomic mass is 9.61. The Morgan fingerprint density at radius 3 is 3.00 bits per heavy atom. The van der Waals surface area contributed by atoms with Crippen LogP contribution in [0.15, 0.2) is 36.4 Å². The van der Waals surface area contributed by atoms with Crippen molar-refractivity contribution in [3.05, 3.63) is 42.0 Å². The van der Waals surface area contributed by atoms with Crippen LogP contribution in [0.1, 0.15) is 38.2 Å². The van der Waals surface area contributed by atoms with Crippen LogP contribution in [0.3, 0.4) is 0 Å². The minimum atomic E-state index is -0.159. The van der Waals surface area contributed by atoms with Gasteiger partial charge in [0.1, 0.15) is 11.9 Å². The second kappa shape index (κ2) is 5.98. The Balaban J connectivity index is 1.60. The second-order valence-corrected chi connectivity index (χ2v) is 7.70. The molecule has 4 nitrogen and oxygen atoms in total. The molecule has 136 valence electrons. The van der Waals surface area contributed by atoms with Crippen molar-refractivity contribution in [3.63, 3.8) is 0 Å². The van der Waals surface area contributed by atoms with Gasteiger partial charge in [0, 0.05) is 11.5 Å². The lowest BCUT2D eigenvalue weighted by Crippen LogP contribution is -2.48. The van der Waals surface area contributed by atoms with Crippen molar-refractivity contribution in [2.75, 3.05) is 13.2 Å². The quantitative estimate of drug-likeness (QED) is 0.784. The van der Waals surface area contributed by atoms with E-state index in [1.165, 1.54) is 16.3 Å². The van der Waals surface area contributed by atoms with Crippen LogP contribution in [0.5, 0.6) is 5.75 Å². The van der Waals surface area contributed by atoms with E-state index in [0.717, 1.165) is 25.0 Å². The fraction of sp³-hybridized carbons (Fsp3) is 0.500. The molecule has 0 N–H and O–H groups in total. The molecule has 4 atom stereocenters. The number of hydrogen-bond donors (Lipinski definition) is 0. The molecule has 2 aromatic carbocycles. The van der Waals surface area contributed by atoms with E-state index in [-0.39, 0.29) is 23.6 Å². The number of benzene rings is 2. The Hall–Kier alpha value is -2.07. The summed E-state index contributed by atoms with van der Waals surface area (Å²) in [6.07, 6.45) is 3.65. The third-order valence-corrected chi connectivity index (χ3v) is 6.50. The van der Waals surface area contributed by atoms with Gasteiger partial charge >= 0.3 is 5.97 Å². The Kier molecular flexibility index (Phi) is 3.71. The highest BCUT2D eigenvalue weighted by Gasteiger charge is 2.62. The van der Waals surface area contributed by atoms with Gasteiger partial charge < -0.3 is 14.2 Å². The molecule has 1 saturated carbocycles. The molecule has 1 aliphatic carbocycles. The lowest BCUT2D eigenvalue weighted by molar-refractivity contribution is -0.146. The molecule has 1 spiro atoms. The molecule has 2 fully saturated rings. The zero-order valence-corrected chi connectivity index (χ0v) is 15.1. The van der Waals surface area contributed by atoms with E-state index >= 15 is 0 Å². The zero-order chi connectivity index (χ0) is 17.7. The predicted molar refractivity (Wildman–Crippen MR) is 98.4 cm³/mol. The highest BCUT2D eigenvalue weighted by Crippen LogP contribution is 2.59. The highest BCUT2D eigenvalue weighted by molar-refractivity contribution is 5.90. The van der Waals surface area contributed by atoms with E-state index in [0.29, 0.717) is 25.6 Å². The standard InChI is InChI=1S/C22H24O4/c1-2-24-20(23)12-18-16-8-5-9-19-22(16,13-25-18)21-15-7-4-3-6-14(15)10-11-17(21)26-19/h3-4,6-7,10-11,16,18-19H,2,5,8-9,12-13H2,1H3/t16-,18+,19+,22-/m1/s1. The molecule has 5 rings (SSSR count). The summed E-state index contributed by atoms with van der Waals surface area (Å²) in [4.78, 5) is 12.1. The van der Waals surface area contributed by atoms with Crippen molar-refractivity contribution < 1.29 is 19.0 Å². The monoisotopic (exact) mass is 352 g/mol. The fourth-order valence-electron chi connectivity index (χ4n) is 5.51. The first-order valence-corrected chi connectivity index (χ1v) is 9.70. The summed E-state index contributed by atoms with van der Waals surface area (Å²) in [7, 11) is 0. The number of carbonyl (C=O) groups excluding carboxylic acids is 1. The van der Waals surface area contributed by atoms with Crippen LogP contribution >= 0.6 is 0 Å². The van der Waals surface area contributed by atoms with Gasteiger partial charge in [-0.15, -0.1) is 0 Å². The van der Waals surface area contributed by atoms with Gasteiger partial charge in [-0.1, -0.05) is 30.3 Å². The summed E-state index contributed by atoms with van der Waals surface area (Å²) in [5.41, 5.74) is 1.17. The van der Waals surface area contributed by atoms with Gasteiger partial charge in [0.15, 0.2) is 0 Å². The first-order chi connectivity index (χ1) is 12.7. The first kappa shape index (κ1) is 16.1. The van der Waals surface area contributed by atoms with E-state index < -0.39 is 0 Å². The molecule has 2 aliphatic heterocycles. The van der Waals surface area contributed by atoms with Crippen LogP contribution in [-0.4, -0.2) is 31.4 Å².